The van der Waals surface area contributed by atoms with E-state index in [-0.39, 0.29) is 11.9 Å². The van der Waals surface area contributed by atoms with E-state index in [4.69, 9.17) is 9.47 Å². The third-order valence-electron chi connectivity index (χ3n) is 5.95. The summed E-state index contributed by atoms with van der Waals surface area (Å²) in [5.74, 6) is 1.85. The summed E-state index contributed by atoms with van der Waals surface area (Å²) in [7, 11) is 0. The number of hydrogen-bond acceptors (Lipinski definition) is 4. The van der Waals surface area contributed by atoms with Gasteiger partial charge in [0.2, 0.25) is 5.91 Å². The Balaban J connectivity index is 1.52. The first-order valence-electron chi connectivity index (χ1n) is 11.6. The van der Waals surface area contributed by atoms with Gasteiger partial charge in [-0.25, -0.2) is 0 Å². The third kappa shape index (κ3) is 7.54. The van der Waals surface area contributed by atoms with E-state index in [9.17, 15) is 4.79 Å². The van der Waals surface area contributed by atoms with Gasteiger partial charge in [0.25, 0.3) is 0 Å². The zero-order valence-corrected chi connectivity index (χ0v) is 18.1. The maximum Gasteiger partial charge on any atom is 0.220 e. The van der Waals surface area contributed by atoms with Crippen molar-refractivity contribution in [3.63, 3.8) is 0 Å². The highest BCUT2D eigenvalue weighted by Gasteiger charge is 2.19. The molecular weight excluding hydrogens is 364 g/mol. The van der Waals surface area contributed by atoms with E-state index in [0.717, 1.165) is 43.7 Å². The van der Waals surface area contributed by atoms with Crippen molar-refractivity contribution in [1.29, 1.82) is 0 Å². The van der Waals surface area contributed by atoms with Crippen LogP contribution in [-0.2, 0) is 11.2 Å². The molecule has 5 nitrogen and oxygen atoms in total. The molecule has 162 valence electrons. The maximum atomic E-state index is 12.5. The lowest BCUT2D eigenvalue weighted by molar-refractivity contribution is -0.122. The molecule has 1 atom stereocenters. The number of benzene rings is 1. The van der Waals surface area contributed by atoms with Gasteiger partial charge < -0.3 is 19.7 Å². The molecule has 1 fully saturated rings. The monoisotopic (exact) mass is 402 g/mol. The first kappa shape index (κ1) is 21.9. The molecule has 0 spiro atoms. The summed E-state index contributed by atoms with van der Waals surface area (Å²) in [5, 5.41) is 3.32. The molecule has 0 aliphatic carbocycles. The number of likely N-dealkylation sites (tertiary alicyclic amines) is 1. The Morgan fingerprint density at radius 2 is 1.83 bits per heavy atom. The summed E-state index contributed by atoms with van der Waals surface area (Å²) >= 11 is 0. The molecule has 1 saturated heterocycles. The van der Waals surface area contributed by atoms with Crippen molar-refractivity contribution in [2.75, 3.05) is 32.8 Å². The van der Waals surface area contributed by atoms with Gasteiger partial charge in [-0.2, -0.15) is 0 Å². The minimum Gasteiger partial charge on any atom is -0.486 e. The van der Waals surface area contributed by atoms with Crippen molar-refractivity contribution in [3.8, 4) is 11.5 Å². The molecule has 0 radical (unpaired) electrons. The standard InChI is InChI=1S/C24H38N2O3/c1-2-3-4-5-6-9-24(27)25-21(12-15-26-13-7-8-14-26)18-20-10-11-22-23(19-20)29-17-16-28-22/h10-11,19,21H,2-9,12-18H2,1H3,(H,25,27)/t21-/m0/s1. The predicted molar refractivity (Wildman–Crippen MR) is 117 cm³/mol. The molecule has 1 aromatic rings. The Morgan fingerprint density at radius 3 is 2.62 bits per heavy atom. The lowest BCUT2D eigenvalue weighted by Crippen LogP contribution is -2.39. The zero-order chi connectivity index (χ0) is 20.3. The van der Waals surface area contributed by atoms with E-state index < -0.39 is 0 Å². The quantitative estimate of drug-likeness (QED) is 0.529. The summed E-state index contributed by atoms with van der Waals surface area (Å²) in [6, 6.07) is 6.35. The molecule has 2 aliphatic heterocycles. The van der Waals surface area contributed by atoms with Crippen molar-refractivity contribution >= 4 is 5.91 Å². The molecule has 0 aromatic heterocycles. The number of fused-ring (bicyclic) bond motifs is 1. The summed E-state index contributed by atoms with van der Waals surface area (Å²) in [4.78, 5) is 15.1. The maximum absolute atomic E-state index is 12.5. The van der Waals surface area contributed by atoms with Gasteiger partial charge in [-0.1, -0.05) is 38.7 Å². The van der Waals surface area contributed by atoms with Gasteiger partial charge in [0, 0.05) is 19.0 Å². The number of ether oxygens (including phenoxy) is 2. The van der Waals surface area contributed by atoms with E-state index in [1.54, 1.807) is 0 Å². The molecule has 1 amide bonds. The van der Waals surface area contributed by atoms with Crippen molar-refractivity contribution in [2.45, 2.75) is 77.2 Å². The highest BCUT2D eigenvalue weighted by molar-refractivity contribution is 5.76. The van der Waals surface area contributed by atoms with Crippen molar-refractivity contribution in [1.82, 2.24) is 10.2 Å². The predicted octanol–water partition coefficient (Wildman–Crippen LogP) is 4.33. The number of rotatable bonds is 12. The Morgan fingerprint density at radius 1 is 1.07 bits per heavy atom. The van der Waals surface area contributed by atoms with Gasteiger partial charge in [-0.05, 0) is 62.9 Å². The van der Waals surface area contributed by atoms with Crippen LogP contribution in [0.2, 0.25) is 0 Å². The summed E-state index contributed by atoms with van der Waals surface area (Å²) in [5.41, 5.74) is 1.20. The average molecular weight is 403 g/mol. The molecule has 3 rings (SSSR count). The minimum atomic E-state index is 0.168. The first-order chi connectivity index (χ1) is 14.2. The van der Waals surface area contributed by atoms with Crippen LogP contribution in [0.15, 0.2) is 18.2 Å². The molecule has 5 heteroatoms. The van der Waals surface area contributed by atoms with Crippen LogP contribution in [-0.4, -0.2) is 49.7 Å². The molecule has 0 unspecified atom stereocenters. The number of carbonyl (C=O) groups excluding carboxylic acids is 1. The Labute approximate surface area is 176 Å². The lowest BCUT2D eigenvalue weighted by atomic mass is 10.0. The average Bonchev–Trinajstić information content (AvgIpc) is 3.25. The molecule has 0 bridgehead atoms. The SMILES string of the molecule is CCCCCCCC(=O)N[C@@H](CCN1CCCC1)Cc1ccc2c(c1)OCCO2. The molecule has 1 N–H and O–H groups in total. The summed E-state index contributed by atoms with van der Waals surface area (Å²) < 4.78 is 11.4. The van der Waals surface area contributed by atoms with Gasteiger partial charge in [0.05, 0.1) is 0 Å². The fourth-order valence-electron chi connectivity index (χ4n) is 4.26. The highest BCUT2D eigenvalue weighted by Crippen LogP contribution is 2.31. The minimum absolute atomic E-state index is 0.168. The lowest BCUT2D eigenvalue weighted by Gasteiger charge is -2.24. The van der Waals surface area contributed by atoms with Gasteiger partial charge >= 0.3 is 0 Å². The molecule has 2 aliphatic rings. The second kappa shape index (κ2) is 12.1. The Kier molecular flexibility index (Phi) is 9.13. The molecule has 29 heavy (non-hydrogen) atoms. The van der Waals surface area contributed by atoms with Gasteiger partial charge in [-0.3, -0.25) is 4.79 Å². The van der Waals surface area contributed by atoms with Crippen LogP contribution in [0.5, 0.6) is 11.5 Å². The van der Waals surface area contributed by atoms with E-state index in [0.29, 0.717) is 19.6 Å². The van der Waals surface area contributed by atoms with Gasteiger partial charge in [-0.15, -0.1) is 0 Å². The zero-order valence-electron chi connectivity index (χ0n) is 18.1. The number of unbranched alkanes of at least 4 members (excludes halogenated alkanes) is 4. The number of carbonyl (C=O) groups is 1. The molecule has 2 heterocycles. The topological polar surface area (TPSA) is 50.8 Å². The van der Waals surface area contributed by atoms with E-state index in [2.05, 4.69) is 29.3 Å². The number of nitrogens with zero attached hydrogens (tertiary/aromatic N) is 1. The Hall–Kier alpha value is -1.75. The second-order valence-electron chi connectivity index (χ2n) is 8.45. The van der Waals surface area contributed by atoms with Crippen LogP contribution in [0.25, 0.3) is 0 Å². The van der Waals surface area contributed by atoms with Gasteiger partial charge in [0.15, 0.2) is 11.5 Å². The Bertz CT molecular complexity index is 629. The van der Waals surface area contributed by atoms with Crippen molar-refractivity contribution in [2.24, 2.45) is 0 Å². The summed E-state index contributed by atoms with van der Waals surface area (Å²) in [6.07, 6.45) is 11.0. The largest absolute Gasteiger partial charge is 0.486 e. The molecule has 0 saturated carbocycles. The van der Waals surface area contributed by atoms with Crippen LogP contribution in [0.4, 0.5) is 0 Å². The van der Waals surface area contributed by atoms with E-state index >= 15 is 0 Å². The number of amides is 1. The van der Waals surface area contributed by atoms with Crippen LogP contribution in [0.3, 0.4) is 0 Å². The van der Waals surface area contributed by atoms with Crippen molar-refractivity contribution < 1.29 is 14.3 Å². The summed E-state index contributed by atoms with van der Waals surface area (Å²) in [6.45, 7) is 6.88. The third-order valence-corrected chi connectivity index (χ3v) is 5.95. The fraction of sp³-hybridized carbons (Fsp3) is 0.708. The normalized spacial score (nSPS) is 17.3. The molecule has 1 aromatic carbocycles. The first-order valence-corrected chi connectivity index (χ1v) is 11.6. The van der Waals surface area contributed by atoms with Crippen LogP contribution >= 0.6 is 0 Å². The number of nitrogens with one attached hydrogen (secondary N) is 1. The van der Waals surface area contributed by atoms with E-state index in [1.807, 2.05) is 6.07 Å². The van der Waals surface area contributed by atoms with Crippen LogP contribution < -0.4 is 14.8 Å². The van der Waals surface area contributed by atoms with E-state index in [1.165, 1.54) is 50.8 Å². The van der Waals surface area contributed by atoms with Gasteiger partial charge in [0.1, 0.15) is 13.2 Å². The fourth-order valence-corrected chi connectivity index (χ4v) is 4.26. The smallest absolute Gasteiger partial charge is 0.220 e. The van der Waals surface area contributed by atoms with Crippen LogP contribution in [0, 0.1) is 0 Å². The van der Waals surface area contributed by atoms with Crippen LogP contribution in [0.1, 0.15) is 70.3 Å². The number of hydrogen-bond donors (Lipinski definition) is 1. The molecular formula is C24H38N2O3. The second-order valence-corrected chi connectivity index (χ2v) is 8.45. The van der Waals surface area contributed by atoms with Crippen molar-refractivity contribution in [3.05, 3.63) is 23.8 Å². The highest BCUT2D eigenvalue weighted by atomic mass is 16.6.